The van der Waals surface area contributed by atoms with E-state index in [4.69, 9.17) is 22.1 Å². The largest absolute Gasteiger partial charge is 0.444 e. The summed E-state index contributed by atoms with van der Waals surface area (Å²) < 4.78 is 20.2. The zero-order valence-electron chi connectivity index (χ0n) is 15.2. The summed E-state index contributed by atoms with van der Waals surface area (Å²) in [7, 11) is 0. The number of nitrogens with one attached hydrogen (secondary N) is 1. The Balaban J connectivity index is 1.76. The highest BCUT2D eigenvalue weighted by Crippen LogP contribution is 2.39. The number of ether oxygens (including phenoxy) is 1. The SMILES string of the molecule is CC(C)(C)OC(=O)N1CCC(c2cc3c(cc2Cl)CNC(N)=N3)C(F)C1. The van der Waals surface area contributed by atoms with Crippen molar-refractivity contribution < 1.29 is 13.9 Å². The van der Waals surface area contributed by atoms with E-state index in [1.54, 1.807) is 20.8 Å². The van der Waals surface area contributed by atoms with E-state index in [-0.39, 0.29) is 6.54 Å². The first-order valence-electron chi connectivity index (χ1n) is 8.66. The number of piperidine rings is 1. The van der Waals surface area contributed by atoms with Crippen molar-refractivity contribution in [1.29, 1.82) is 0 Å². The van der Waals surface area contributed by atoms with Crippen molar-refractivity contribution in [3.05, 3.63) is 28.3 Å². The molecule has 1 fully saturated rings. The number of alkyl halides is 1. The third kappa shape index (κ3) is 4.03. The van der Waals surface area contributed by atoms with Gasteiger partial charge in [0.05, 0.1) is 12.2 Å². The molecular formula is C18H24ClFN4O2. The lowest BCUT2D eigenvalue weighted by molar-refractivity contribution is 0.0111. The summed E-state index contributed by atoms with van der Waals surface area (Å²) >= 11 is 6.40. The van der Waals surface area contributed by atoms with Crippen LogP contribution >= 0.6 is 11.6 Å². The van der Waals surface area contributed by atoms with E-state index in [1.165, 1.54) is 4.90 Å². The molecule has 2 atom stereocenters. The van der Waals surface area contributed by atoms with Crippen molar-refractivity contribution in [2.75, 3.05) is 13.1 Å². The summed E-state index contributed by atoms with van der Waals surface area (Å²) in [5.41, 5.74) is 7.46. The molecule has 26 heavy (non-hydrogen) atoms. The molecule has 0 bridgehead atoms. The average Bonchev–Trinajstić information content (AvgIpc) is 2.53. The van der Waals surface area contributed by atoms with E-state index >= 15 is 0 Å². The van der Waals surface area contributed by atoms with Crippen LogP contribution in [0.3, 0.4) is 0 Å². The smallest absolute Gasteiger partial charge is 0.410 e. The summed E-state index contributed by atoms with van der Waals surface area (Å²) in [6.07, 6.45) is -1.25. The summed E-state index contributed by atoms with van der Waals surface area (Å²) in [5, 5.41) is 3.46. The van der Waals surface area contributed by atoms with Gasteiger partial charge in [-0.3, -0.25) is 0 Å². The predicted molar refractivity (Wildman–Crippen MR) is 99.6 cm³/mol. The topological polar surface area (TPSA) is 80.0 Å². The molecule has 0 radical (unpaired) electrons. The van der Waals surface area contributed by atoms with Crippen LogP contribution < -0.4 is 11.1 Å². The fourth-order valence-corrected chi connectivity index (χ4v) is 3.58. The highest BCUT2D eigenvalue weighted by Gasteiger charge is 2.35. The number of rotatable bonds is 1. The summed E-state index contributed by atoms with van der Waals surface area (Å²) in [6.45, 7) is 6.32. The highest BCUT2D eigenvalue weighted by molar-refractivity contribution is 6.31. The van der Waals surface area contributed by atoms with Crippen LogP contribution in [-0.4, -0.2) is 41.8 Å². The van der Waals surface area contributed by atoms with Gasteiger partial charge in [-0.2, -0.15) is 0 Å². The molecule has 2 aliphatic heterocycles. The number of benzene rings is 1. The molecule has 2 heterocycles. The summed E-state index contributed by atoms with van der Waals surface area (Å²) in [4.78, 5) is 17.9. The molecule has 1 saturated heterocycles. The molecule has 3 N–H and O–H groups in total. The quantitative estimate of drug-likeness (QED) is 0.779. The van der Waals surface area contributed by atoms with E-state index < -0.39 is 23.8 Å². The van der Waals surface area contributed by atoms with Crippen LogP contribution in [0, 0.1) is 0 Å². The van der Waals surface area contributed by atoms with Crippen molar-refractivity contribution in [3.63, 3.8) is 0 Å². The van der Waals surface area contributed by atoms with Gasteiger partial charge in [-0.25, -0.2) is 14.2 Å². The maximum absolute atomic E-state index is 14.9. The lowest BCUT2D eigenvalue weighted by Gasteiger charge is -2.36. The minimum atomic E-state index is -1.23. The number of nitrogens with two attached hydrogens (primary N) is 1. The molecule has 1 aromatic carbocycles. The lowest BCUT2D eigenvalue weighted by Crippen LogP contribution is -2.46. The average molecular weight is 383 g/mol. The van der Waals surface area contributed by atoms with Crippen LogP contribution in [-0.2, 0) is 11.3 Å². The molecular weight excluding hydrogens is 359 g/mol. The number of hydrogen-bond acceptors (Lipinski definition) is 5. The molecule has 0 aliphatic carbocycles. The van der Waals surface area contributed by atoms with Crippen molar-refractivity contribution in [3.8, 4) is 0 Å². The van der Waals surface area contributed by atoms with E-state index in [0.29, 0.717) is 41.7 Å². The zero-order chi connectivity index (χ0) is 19.1. The van der Waals surface area contributed by atoms with Gasteiger partial charge in [0.1, 0.15) is 11.8 Å². The molecule has 1 amide bonds. The first-order valence-corrected chi connectivity index (χ1v) is 9.04. The minimum Gasteiger partial charge on any atom is -0.444 e. The first-order chi connectivity index (χ1) is 12.1. The fourth-order valence-electron chi connectivity index (χ4n) is 3.25. The second-order valence-electron chi connectivity index (χ2n) is 7.69. The van der Waals surface area contributed by atoms with Crippen LogP contribution in [0.25, 0.3) is 0 Å². The van der Waals surface area contributed by atoms with Crippen LogP contribution in [0.1, 0.15) is 44.2 Å². The Hall–Kier alpha value is -2.02. The Bertz CT molecular complexity index is 747. The standard InChI is InChI=1S/C18H24ClFN4O2/c1-18(2,3)26-17(25)24-5-4-11(14(20)9-24)12-7-15-10(6-13(12)19)8-22-16(21)23-15/h6-7,11,14H,4-5,8-9H2,1-3H3,(H3,21,22,23). The third-order valence-electron chi connectivity index (χ3n) is 4.49. The second-order valence-corrected chi connectivity index (χ2v) is 8.10. The number of carbonyl (C=O) groups is 1. The number of amides is 1. The molecule has 0 spiro atoms. The molecule has 8 heteroatoms. The predicted octanol–water partition coefficient (Wildman–Crippen LogP) is 3.45. The van der Waals surface area contributed by atoms with E-state index in [0.717, 1.165) is 5.56 Å². The van der Waals surface area contributed by atoms with Gasteiger partial charge in [-0.1, -0.05) is 11.6 Å². The van der Waals surface area contributed by atoms with Crippen molar-refractivity contribution in [2.24, 2.45) is 10.7 Å². The van der Waals surface area contributed by atoms with Crippen LogP contribution in [0.5, 0.6) is 0 Å². The van der Waals surface area contributed by atoms with Gasteiger partial charge < -0.3 is 20.7 Å². The molecule has 3 rings (SSSR count). The van der Waals surface area contributed by atoms with Gasteiger partial charge in [0.2, 0.25) is 0 Å². The first kappa shape index (κ1) is 18.8. The van der Waals surface area contributed by atoms with Crippen molar-refractivity contribution in [1.82, 2.24) is 10.2 Å². The number of aliphatic imine (C=N–C) groups is 1. The number of guanidine groups is 1. The van der Waals surface area contributed by atoms with Gasteiger partial charge in [0.15, 0.2) is 5.96 Å². The Morgan fingerprint density at radius 3 is 2.85 bits per heavy atom. The maximum atomic E-state index is 14.9. The number of carbonyl (C=O) groups excluding carboxylic acids is 1. The Kier molecular flexibility index (Phi) is 5.01. The van der Waals surface area contributed by atoms with Gasteiger partial charge in [0.25, 0.3) is 0 Å². The van der Waals surface area contributed by atoms with E-state index in [9.17, 15) is 9.18 Å². The normalized spacial score (nSPS) is 23.0. The van der Waals surface area contributed by atoms with Crippen LogP contribution in [0.2, 0.25) is 5.02 Å². The Labute approximate surface area is 157 Å². The third-order valence-corrected chi connectivity index (χ3v) is 4.82. The van der Waals surface area contributed by atoms with Gasteiger partial charge in [0, 0.05) is 24.0 Å². The van der Waals surface area contributed by atoms with Crippen molar-refractivity contribution in [2.45, 2.75) is 51.4 Å². The molecule has 6 nitrogen and oxygen atoms in total. The number of nitrogens with zero attached hydrogens (tertiary/aromatic N) is 2. The number of halogens is 2. The van der Waals surface area contributed by atoms with E-state index in [2.05, 4.69) is 10.3 Å². The number of fused-ring (bicyclic) bond motifs is 1. The molecule has 2 aliphatic rings. The number of likely N-dealkylation sites (tertiary alicyclic amines) is 1. The van der Waals surface area contributed by atoms with E-state index in [1.807, 2.05) is 12.1 Å². The second kappa shape index (κ2) is 6.95. The highest BCUT2D eigenvalue weighted by atomic mass is 35.5. The monoisotopic (exact) mass is 382 g/mol. The molecule has 0 aromatic heterocycles. The zero-order valence-corrected chi connectivity index (χ0v) is 15.9. The number of hydrogen-bond donors (Lipinski definition) is 2. The fraction of sp³-hybridized carbons (Fsp3) is 0.556. The Morgan fingerprint density at radius 1 is 1.46 bits per heavy atom. The summed E-state index contributed by atoms with van der Waals surface area (Å²) in [6, 6.07) is 3.62. The minimum absolute atomic E-state index is 0.0139. The van der Waals surface area contributed by atoms with Gasteiger partial charge in [-0.15, -0.1) is 0 Å². The van der Waals surface area contributed by atoms with Crippen molar-refractivity contribution >= 4 is 29.3 Å². The van der Waals surface area contributed by atoms with Gasteiger partial charge in [-0.05, 0) is 50.5 Å². The van der Waals surface area contributed by atoms with Crippen LogP contribution in [0.4, 0.5) is 14.9 Å². The molecule has 0 saturated carbocycles. The lowest BCUT2D eigenvalue weighted by atomic mass is 9.87. The molecule has 142 valence electrons. The molecule has 1 aromatic rings. The van der Waals surface area contributed by atoms with Crippen LogP contribution in [0.15, 0.2) is 17.1 Å². The van der Waals surface area contributed by atoms with Gasteiger partial charge >= 0.3 is 6.09 Å². The maximum Gasteiger partial charge on any atom is 0.410 e. The Morgan fingerprint density at radius 2 is 2.19 bits per heavy atom. The molecule has 2 unspecified atom stereocenters. The summed E-state index contributed by atoms with van der Waals surface area (Å²) in [5.74, 6) is -0.0555.